The van der Waals surface area contributed by atoms with E-state index < -0.39 is 0 Å². The SMILES string of the molecule is O=CCC#Cc1cc(Cl)ncc1Br. The summed E-state index contributed by atoms with van der Waals surface area (Å²) in [5, 5.41) is 0.388. The number of rotatable bonds is 1. The molecule has 0 aliphatic heterocycles. The molecule has 1 aromatic rings. The van der Waals surface area contributed by atoms with Gasteiger partial charge in [-0.2, -0.15) is 0 Å². The first-order valence-corrected chi connectivity index (χ1v) is 4.64. The molecule has 0 saturated carbocycles. The molecule has 0 bridgehead atoms. The van der Waals surface area contributed by atoms with Crippen LogP contribution >= 0.6 is 27.5 Å². The van der Waals surface area contributed by atoms with Gasteiger partial charge in [0.25, 0.3) is 0 Å². The van der Waals surface area contributed by atoms with Crippen LogP contribution < -0.4 is 0 Å². The smallest absolute Gasteiger partial charge is 0.131 e. The van der Waals surface area contributed by atoms with E-state index in [9.17, 15) is 4.79 Å². The molecule has 0 atom stereocenters. The van der Waals surface area contributed by atoms with E-state index in [4.69, 9.17) is 11.6 Å². The number of aromatic nitrogens is 1. The summed E-state index contributed by atoms with van der Waals surface area (Å²) in [4.78, 5) is 13.8. The molecular formula is C9H5BrClNO. The summed E-state index contributed by atoms with van der Waals surface area (Å²) >= 11 is 8.93. The summed E-state index contributed by atoms with van der Waals surface area (Å²) in [6, 6.07) is 1.64. The molecule has 1 aromatic heterocycles. The fourth-order valence-corrected chi connectivity index (χ4v) is 1.17. The van der Waals surface area contributed by atoms with Crippen LogP contribution in [0.3, 0.4) is 0 Å². The summed E-state index contributed by atoms with van der Waals surface area (Å²) in [5.41, 5.74) is 0.738. The fourth-order valence-electron chi connectivity index (χ4n) is 0.697. The van der Waals surface area contributed by atoms with Gasteiger partial charge in [-0.25, -0.2) is 4.98 Å². The van der Waals surface area contributed by atoms with E-state index in [0.29, 0.717) is 5.15 Å². The van der Waals surface area contributed by atoms with Crippen molar-refractivity contribution >= 4 is 33.8 Å². The van der Waals surface area contributed by atoms with E-state index in [-0.39, 0.29) is 6.42 Å². The molecule has 13 heavy (non-hydrogen) atoms. The van der Waals surface area contributed by atoms with Crippen LogP contribution in [0.1, 0.15) is 12.0 Å². The largest absolute Gasteiger partial charge is 0.302 e. The molecule has 2 nitrogen and oxygen atoms in total. The van der Waals surface area contributed by atoms with E-state index >= 15 is 0 Å². The number of aldehydes is 1. The summed E-state index contributed by atoms with van der Waals surface area (Å²) in [5.74, 6) is 5.49. The zero-order valence-electron chi connectivity index (χ0n) is 6.55. The van der Waals surface area contributed by atoms with Crippen LogP contribution in [-0.2, 0) is 4.79 Å². The predicted octanol–water partition coefficient (Wildman–Crippen LogP) is 2.44. The number of carbonyl (C=O) groups excluding carboxylic acids is 1. The highest BCUT2D eigenvalue weighted by Gasteiger charge is 1.97. The molecular weight excluding hydrogens is 253 g/mol. The van der Waals surface area contributed by atoms with Crippen molar-refractivity contribution in [2.24, 2.45) is 0 Å². The lowest BCUT2D eigenvalue weighted by molar-refractivity contribution is -0.107. The first-order chi connectivity index (χ1) is 6.24. The Balaban J connectivity index is 2.95. The Morgan fingerprint density at radius 3 is 3.15 bits per heavy atom. The minimum atomic E-state index is 0.229. The Hall–Kier alpha value is -0.850. The summed E-state index contributed by atoms with van der Waals surface area (Å²) < 4.78 is 0.773. The highest BCUT2D eigenvalue weighted by atomic mass is 79.9. The molecule has 0 amide bonds. The molecule has 0 saturated heterocycles. The molecule has 1 heterocycles. The maximum Gasteiger partial charge on any atom is 0.131 e. The molecule has 0 unspecified atom stereocenters. The second-order valence-corrected chi connectivity index (χ2v) is 3.40. The van der Waals surface area contributed by atoms with Crippen LogP contribution in [0, 0.1) is 11.8 Å². The normalized spacial score (nSPS) is 8.77. The summed E-state index contributed by atoms with van der Waals surface area (Å²) in [6.07, 6.45) is 2.56. The summed E-state index contributed by atoms with van der Waals surface area (Å²) in [7, 11) is 0. The van der Waals surface area contributed by atoms with Crippen molar-refractivity contribution in [1.82, 2.24) is 4.98 Å². The molecule has 0 aliphatic rings. The molecule has 0 aromatic carbocycles. The Morgan fingerprint density at radius 1 is 1.69 bits per heavy atom. The van der Waals surface area contributed by atoms with E-state index in [1.807, 2.05) is 0 Å². The van der Waals surface area contributed by atoms with E-state index in [2.05, 4.69) is 32.8 Å². The lowest BCUT2D eigenvalue weighted by Gasteiger charge is -1.94. The Bertz CT molecular complexity index is 381. The maximum absolute atomic E-state index is 9.99. The molecule has 0 spiro atoms. The van der Waals surface area contributed by atoms with Crippen molar-refractivity contribution < 1.29 is 4.79 Å². The third kappa shape index (κ3) is 3.17. The molecule has 1 rings (SSSR count). The van der Waals surface area contributed by atoms with E-state index in [1.165, 1.54) is 0 Å². The first kappa shape index (κ1) is 10.2. The van der Waals surface area contributed by atoms with Crippen LogP contribution in [-0.4, -0.2) is 11.3 Å². The minimum absolute atomic E-state index is 0.229. The van der Waals surface area contributed by atoms with E-state index in [1.54, 1.807) is 12.3 Å². The van der Waals surface area contributed by atoms with Gasteiger partial charge in [0, 0.05) is 11.8 Å². The molecule has 0 radical (unpaired) electrons. The zero-order valence-corrected chi connectivity index (χ0v) is 8.89. The van der Waals surface area contributed by atoms with Crippen LogP contribution in [0.5, 0.6) is 0 Å². The molecule has 0 N–H and O–H groups in total. The van der Waals surface area contributed by atoms with Gasteiger partial charge in [-0.3, -0.25) is 0 Å². The molecule has 66 valence electrons. The van der Waals surface area contributed by atoms with E-state index in [0.717, 1.165) is 16.3 Å². The van der Waals surface area contributed by atoms with Gasteiger partial charge in [0.05, 0.1) is 10.9 Å². The van der Waals surface area contributed by atoms with Gasteiger partial charge in [0.2, 0.25) is 0 Å². The third-order valence-corrected chi connectivity index (χ3v) is 2.07. The van der Waals surface area contributed by atoms with Crippen molar-refractivity contribution in [1.29, 1.82) is 0 Å². The Labute approximate surface area is 89.4 Å². The van der Waals surface area contributed by atoms with Gasteiger partial charge in [0.15, 0.2) is 0 Å². The van der Waals surface area contributed by atoms with Crippen molar-refractivity contribution in [3.05, 3.63) is 27.5 Å². The highest BCUT2D eigenvalue weighted by Crippen LogP contribution is 2.17. The Morgan fingerprint density at radius 2 is 2.46 bits per heavy atom. The lowest BCUT2D eigenvalue weighted by atomic mass is 10.2. The first-order valence-electron chi connectivity index (χ1n) is 3.47. The number of carbonyl (C=O) groups is 1. The highest BCUT2D eigenvalue weighted by molar-refractivity contribution is 9.10. The second-order valence-electron chi connectivity index (χ2n) is 2.16. The number of pyridine rings is 1. The van der Waals surface area contributed by atoms with Gasteiger partial charge >= 0.3 is 0 Å². The van der Waals surface area contributed by atoms with Crippen molar-refractivity contribution in [2.75, 3.05) is 0 Å². The topological polar surface area (TPSA) is 30.0 Å². The molecule has 0 fully saturated rings. The standard InChI is InChI=1S/C9H5BrClNO/c10-8-6-12-9(11)5-7(8)3-1-2-4-13/h4-6H,2H2. The average Bonchev–Trinajstić information content (AvgIpc) is 2.11. The number of hydrogen-bond acceptors (Lipinski definition) is 2. The minimum Gasteiger partial charge on any atom is -0.302 e. The predicted molar refractivity (Wildman–Crippen MR) is 54.5 cm³/mol. The van der Waals surface area contributed by atoms with Crippen molar-refractivity contribution in [3.63, 3.8) is 0 Å². The van der Waals surface area contributed by atoms with Crippen LogP contribution in [0.4, 0.5) is 0 Å². The number of halogens is 2. The van der Waals surface area contributed by atoms with Crippen LogP contribution in [0.25, 0.3) is 0 Å². The van der Waals surface area contributed by atoms with Gasteiger partial charge in [-0.15, -0.1) is 0 Å². The molecule has 4 heteroatoms. The Kier molecular flexibility index (Phi) is 3.94. The summed E-state index contributed by atoms with van der Waals surface area (Å²) in [6.45, 7) is 0. The van der Waals surface area contributed by atoms with Crippen LogP contribution in [0.15, 0.2) is 16.7 Å². The fraction of sp³-hybridized carbons (Fsp3) is 0.111. The quantitative estimate of drug-likeness (QED) is 0.440. The maximum atomic E-state index is 9.99. The van der Waals surface area contributed by atoms with Crippen LogP contribution in [0.2, 0.25) is 5.15 Å². The van der Waals surface area contributed by atoms with Gasteiger partial charge in [0.1, 0.15) is 11.4 Å². The average molecular weight is 259 g/mol. The number of nitrogens with zero attached hydrogens (tertiary/aromatic N) is 1. The van der Waals surface area contributed by atoms with Gasteiger partial charge in [-0.1, -0.05) is 23.4 Å². The van der Waals surface area contributed by atoms with Crippen molar-refractivity contribution in [2.45, 2.75) is 6.42 Å². The van der Waals surface area contributed by atoms with Crippen molar-refractivity contribution in [3.8, 4) is 11.8 Å². The second kappa shape index (κ2) is 5.00. The number of hydrogen-bond donors (Lipinski definition) is 0. The lowest BCUT2D eigenvalue weighted by Crippen LogP contribution is -1.81. The van der Waals surface area contributed by atoms with Gasteiger partial charge in [-0.05, 0) is 22.0 Å². The molecule has 0 aliphatic carbocycles. The zero-order chi connectivity index (χ0) is 9.68. The monoisotopic (exact) mass is 257 g/mol. The third-order valence-electron chi connectivity index (χ3n) is 1.23. The van der Waals surface area contributed by atoms with Gasteiger partial charge < -0.3 is 4.79 Å².